The molecule has 136 valence electrons. The Morgan fingerprint density at radius 3 is 2.58 bits per heavy atom. The molecular formula is C19H20N2O5. The highest BCUT2D eigenvalue weighted by molar-refractivity contribution is 6.09. The maximum absolute atomic E-state index is 12.7. The molecule has 0 aliphatic carbocycles. The van der Waals surface area contributed by atoms with Crippen molar-refractivity contribution >= 4 is 17.5 Å². The van der Waals surface area contributed by atoms with Crippen molar-refractivity contribution in [1.82, 2.24) is 4.90 Å². The quantitative estimate of drug-likeness (QED) is 0.910. The second-order valence-electron chi connectivity index (χ2n) is 5.90. The van der Waals surface area contributed by atoms with E-state index in [0.29, 0.717) is 47.3 Å². The number of benzene rings is 2. The molecule has 0 spiro atoms. The van der Waals surface area contributed by atoms with Gasteiger partial charge in [-0.15, -0.1) is 0 Å². The topological polar surface area (TPSA) is 77.1 Å². The lowest BCUT2D eigenvalue weighted by molar-refractivity contribution is 0.0828. The number of rotatable bonds is 4. The molecule has 0 atom stereocenters. The van der Waals surface area contributed by atoms with Crippen LogP contribution < -0.4 is 19.5 Å². The molecule has 7 nitrogen and oxygen atoms in total. The summed E-state index contributed by atoms with van der Waals surface area (Å²) in [5, 5.41) is 2.78. The molecule has 2 aromatic rings. The first-order chi connectivity index (χ1) is 12.5. The Kier molecular flexibility index (Phi) is 4.97. The molecule has 7 heteroatoms. The highest BCUT2D eigenvalue weighted by Crippen LogP contribution is 2.40. The molecule has 1 aliphatic rings. The average Bonchev–Trinajstić information content (AvgIpc) is 2.66. The molecular weight excluding hydrogens is 336 g/mol. The third-order valence-corrected chi connectivity index (χ3v) is 3.90. The molecule has 0 fully saturated rings. The van der Waals surface area contributed by atoms with E-state index in [-0.39, 0.29) is 11.8 Å². The van der Waals surface area contributed by atoms with Gasteiger partial charge in [-0.1, -0.05) is 12.1 Å². The van der Waals surface area contributed by atoms with Crippen molar-refractivity contribution in [2.75, 3.05) is 39.7 Å². The van der Waals surface area contributed by atoms with Gasteiger partial charge in [0.1, 0.15) is 13.2 Å². The minimum Gasteiger partial charge on any atom is -0.493 e. The van der Waals surface area contributed by atoms with E-state index in [1.54, 1.807) is 50.5 Å². The molecule has 0 saturated carbocycles. The van der Waals surface area contributed by atoms with E-state index in [9.17, 15) is 9.59 Å². The van der Waals surface area contributed by atoms with Crippen LogP contribution in [0.5, 0.6) is 17.2 Å². The molecule has 0 unspecified atom stereocenters. The molecule has 1 N–H and O–H groups in total. The zero-order valence-corrected chi connectivity index (χ0v) is 14.9. The Morgan fingerprint density at radius 1 is 1.12 bits per heavy atom. The van der Waals surface area contributed by atoms with Crippen molar-refractivity contribution in [3.05, 3.63) is 47.5 Å². The van der Waals surface area contributed by atoms with E-state index in [4.69, 9.17) is 14.2 Å². The van der Waals surface area contributed by atoms with Crippen LogP contribution in [0, 0.1) is 0 Å². The van der Waals surface area contributed by atoms with Gasteiger partial charge < -0.3 is 24.4 Å². The number of nitrogens with zero attached hydrogens (tertiary/aromatic N) is 1. The zero-order valence-electron chi connectivity index (χ0n) is 14.9. The van der Waals surface area contributed by atoms with Crippen LogP contribution in [0.3, 0.4) is 0 Å². The Morgan fingerprint density at radius 2 is 1.85 bits per heavy atom. The van der Waals surface area contributed by atoms with Crippen molar-refractivity contribution < 1.29 is 23.8 Å². The maximum atomic E-state index is 12.7. The minimum absolute atomic E-state index is 0.194. The fraction of sp³-hybridized carbons (Fsp3) is 0.263. The lowest BCUT2D eigenvalue weighted by Gasteiger charge is -2.21. The van der Waals surface area contributed by atoms with Crippen molar-refractivity contribution in [1.29, 1.82) is 0 Å². The Labute approximate surface area is 151 Å². The number of amides is 2. The number of para-hydroxylation sites is 1. The van der Waals surface area contributed by atoms with E-state index < -0.39 is 0 Å². The van der Waals surface area contributed by atoms with Gasteiger partial charge in [0, 0.05) is 19.7 Å². The van der Waals surface area contributed by atoms with Gasteiger partial charge in [0.05, 0.1) is 18.4 Å². The molecule has 0 radical (unpaired) electrons. The predicted octanol–water partition coefficient (Wildman–Crippen LogP) is 2.42. The number of fused-ring (bicyclic) bond motifs is 1. The Balaban J connectivity index is 1.91. The van der Waals surface area contributed by atoms with Gasteiger partial charge in [0.25, 0.3) is 11.8 Å². The fourth-order valence-corrected chi connectivity index (χ4v) is 2.62. The van der Waals surface area contributed by atoms with Crippen LogP contribution in [-0.2, 0) is 0 Å². The van der Waals surface area contributed by atoms with Crippen LogP contribution in [0.25, 0.3) is 0 Å². The SMILES string of the molecule is COc1cc(C(=O)Nc2ccccc2C(=O)N(C)C)cc2c1OCCO2. The maximum Gasteiger partial charge on any atom is 0.255 e. The Hall–Kier alpha value is -3.22. The van der Waals surface area contributed by atoms with Crippen LogP contribution in [0.2, 0.25) is 0 Å². The Bertz CT molecular complexity index is 831. The summed E-state index contributed by atoms with van der Waals surface area (Å²) in [5.74, 6) is 0.793. The second-order valence-corrected chi connectivity index (χ2v) is 5.90. The molecule has 3 rings (SSSR count). The molecule has 0 bridgehead atoms. The monoisotopic (exact) mass is 356 g/mol. The normalized spacial score (nSPS) is 12.3. The third-order valence-electron chi connectivity index (χ3n) is 3.90. The summed E-state index contributed by atoms with van der Waals surface area (Å²) in [4.78, 5) is 26.5. The number of ether oxygens (including phenoxy) is 3. The molecule has 1 heterocycles. The van der Waals surface area contributed by atoms with Gasteiger partial charge in [-0.05, 0) is 24.3 Å². The number of hydrogen-bond acceptors (Lipinski definition) is 5. The van der Waals surface area contributed by atoms with E-state index in [2.05, 4.69) is 5.32 Å². The van der Waals surface area contributed by atoms with Crippen LogP contribution >= 0.6 is 0 Å². The van der Waals surface area contributed by atoms with Crippen molar-refractivity contribution in [3.63, 3.8) is 0 Å². The number of hydrogen-bond donors (Lipinski definition) is 1. The molecule has 2 aromatic carbocycles. The van der Waals surface area contributed by atoms with E-state index in [1.165, 1.54) is 12.0 Å². The molecule has 2 amide bonds. The molecule has 1 aliphatic heterocycles. The number of anilines is 1. The first kappa shape index (κ1) is 17.6. The van der Waals surface area contributed by atoms with E-state index in [0.717, 1.165) is 0 Å². The van der Waals surface area contributed by atoms with Gasteiger partial charge >= 0.3 is 0 Å². The molecule has 26 heavy (non-hydrogen) atoms. The standard InChI is InChI=1S/C19H20N2O5/c1-21(2)19(23)13-6-4-5-7-14(13)20-18(22)12-10-15(24-3)17-16(11-12)25-8-9-26-17/h4-7,10-11H,8-9H2,1-3H3,(H,20,22). The van der Waals surface area contributed by atoms with Gasteiger partial charge in [-0.2, -0.15) is 0 Å². The van der Waals surface area contributed by atoms with Crippen LogP contribution in [0.1, 0.15) is 20.7 Å². The van der Waals surface area contributed by atoms with Gasteiger partial charge in [-0.3, -0.25) is 9.59 Å². The van der Waals surface area contributed by atoms with Crippen LogP contribution in [0.15, 0.2) is 36.4 Å². The lowest BCUT2D eigenvalue weighted by Crippen LogP contribution is -2.24. The first-order valence-electron chi connectivity index (χ1n) is 8.11. The minimum atomic E-state index is -0.376. The number of nitrogens with one attached hydrogen (secondary N) is 1. The van der Waals surface area contributed by atoms with E-state index >= 15 is 0 Å². The van der Waals surface area contributed by atoms with Gasteiger partial charge in [0.2, 0.25) is 5.75 Å². The third kappa shape index (κ3) is 3.42. The molecule has 0 aromatic heterocycles. The summed E-state index contributed by atoms with van der Waals surface area (Å²) in [6, 6.07) is 10.0. The van der Waals surface area contributed by atoms with Crippen molar-refractivity contribution in [2.45, 2.75) is 0 Å². The number of carbonyl (C=O) groups excluding carboxylic acids is 2. The highest BCUT2D eigenvalue weighted by Gasteiger charge is 2.22. The second kappa shape index (κ2) is 7.35. The van der Waals surface area contributed by atoms with Gasteiger partial charge in [0.15, 0.2) is 11.5 Å². The highest BCUT2D eigenvalue weighted by atomic mass is 16.6. The summed E-state index contributed by atoms with van der Waals surface area (Å²) in [7, 11) is 4.82. The fourth-order valence-electron chi connectivity index (χ4n) is 2.62. The smallest absolute Gasteiger partial charge is 0.255 e. The number of carbonyl (C=O) groups is 2. The van der Waals surface area contributed by atoms with Crippen LogP contribution in [-0.4, -0.2) is 51.1 Å². The van der Waals surface area contributed by atoms with E-state index in [1.807, 2.05) is 0 Å². The summed E-state index contributed by atoms with van der Waals surface area (Å²) in [6.07, 6.45) is 0. The predicted molar refractivity (Wildman–Crippen MR) is 96.4 cm³/mol. The summed E-state index contributed by atoms with van der Waals surface area (Å²) < 4.78 is 16.4. The van der Waals surface area contributed by atoms with Gasteiger partial charge in [-0.25, -0.2) is 0 Å². The zero-order chi connectivity index (χ0) is 18.7. The molecule has 0 saturated heterocycles. The van der Waals surface area contributed by atoms with Crippen molar-refractivity contribution in [3.8, 4) is 17.2 Å². The van der Waals surface area contributed by atoms with Crippen LogP contribution in [0.4, 0.5) is 5.69 Å². The summed E-state index contributed by atoms with van der Waals surface area (Å²) >= 11 is 0. The largest absolute Gasteiger partial charge is 0.493 e. The average molecular weight is 356 g/mol. The first-order valence-corrected chi connectivity index (χ1v) is 8.11. The summed E-state index contributed by atoms with van der Waals surface area (Å²) in [6.45, 7) is 0.830. The van der Waals surface area contributed by atoms with Crippen molar-refractivity contribution in [2.24, 2.45) is 0 Å². The lowest BCUT2D eigenvalue weighted by atomic mass is 10.1. The summed E-state index contributed by atoms with van der Waals surface area (Å²) in [5.41, 5.74) is 1.19. The number of methoxy groups -OCH3 is 1.